The maximum Gasteiger partial charge on any atom is 0.119 e. The number of allylic oxidation sites excluding steroid dienone is 1. The fraction of sp³-hybridized carbons (Fsp3) is 0.556. The zero-order chi connectivity index (χ0) is 14.5. The highest BCUT2D eigenvalue weighted by atomic mass is 79.9. The second-order valence-electron chi connectivity index (χ2n) is 5.07. The van der Waals surface area contributed by atoms with E-state index in [9.17, 15) is 0 Å². The van der Waals surface area contributed by atoms with Crippen LogP contribution in [0.3, 0.4) is 0 Å². The molecule has 1 aromatic carbocycles. The van der Waals surface area contributed by atoms with Gasteiger partial charge in [0.2, 0.25) is 0 Å². The van der Waals surface area contributed by atoms with Crippen LogP contribution in [0.15, 0.2) is 30.3 Å². The molecule has 112 valence electrons. The van der Waals surface area contributed by atoms with Crippen LogP contribution in [0.25, 0.3) is 6.08 Å². The molecule has 0 saturated heterocycles. The van der Waals surface area contributed by atoms with Gasteiger partial charge < -0.3 is 4.74 Å². The van der Waals surface area contributed by atoms with E-state index in [4.69, 9.17) is 4.74 Å². The highest BCUT2D eigenvalue weighted by molar-refractivity contribution is 9.09. The van der Waals surface area contributed by atoms with E-state index in [1.807, 2.05) is 0 Å². The molecule has 0 saturated carbocycles. The highest BCUT2D eigenvalue weighted by Gasteiger charge is 1.94. The summed E-state index contributed by atoms with van der Waals surface area (Å²) >= 11 is 3.45. The minimum absolute atomic E-state index is 0.827. The molecule has 0 aromatic heterocycles. The third kappa shape index (κ3) is 8.42. The summed E-state index contributed by atoms with van der Waals surface area (Å²) < 4.78 is 5.75. The van der Waals surface area contributed by atoms with Gasteiger partial charge in [-0.05, 0) is 37.0 Å². The first kappa shape index (κ1) is 17.3. The Labute approximate surface area is 132 Å². The molecular weight excluding hydrogens is 312 g/mol. The molecule has 0 atom stereocenters. The summed E-state index contributed by atoms with van der Waals surface area (Å²) in [6, 6.07) is 8.39. The molecule has 0 spiro atoms. The highest BCUT2D eigenvalue weighted by Crippen LogP contribution is 2.14. The maximum absolute atomic E-state index is 5.75. The monoisotopic (exact) mass is 338 g/mol. The fourth-order valence-corrected chi connectivity index (χ4v) is 2.35. The van der Waals surface area contributed by atoms with Crippen molar-refractivity contribution in [2.75, 3.05) is 11.9 Å². The quantitative estimate of drug-likeness (QED) is 0.343. The molecule has 0 aliphatic rings. The minimum Gasteiger partial charge on any atom is -0.494 e. The van der Waals surface area contributed by atoms with Crippen molar-refractivity contribution in [1.82, 2.24) is 0 Å². The smallest absolute Gasteiger partial charge is 0.119 e. The van der Waals surface area contributed by atoms with E-state index >= 15 is 0 Å². The Morgan fingerprint density at radius 2 is 1.75 bits per heavy atom. The molecule has 1 rings (SSSR count). The summed E-state index contributed by atoms with van der Waals surface area (Å²) in [6.07, 6.45) is 13.1. The first-order chi connectivity index (χ1) is 9.86. The van der Waals surface area contributed by atoms with E-state index in [0.29, 0.717) is 0 Å². The van der Waals surface area contributed by atoms with Crippen molar-refractivity contribution in [3.8, 4) is 5.75 Å². The summed E-state index contributed by atoms with van der Waals surface area (Å²) in [7, 11) is 0. The maximum atomic E-state index is 5.75. The summed E-state index contributed by atoms with van der Waals surface area (Å²) in [4.78, 5) is 0. The molecule has 0 fully saturated rings. The first-order valence-corrected chi connectivity index (χ1v) is 8.94. The summed E-state index contributed by atoms with van der Waals surface area (Å²) in [6.45, 7) is 3.05. The van der Waals surface area contributed by atoms with Crippen molar-refractivity contribution >= 4 is 22.0 Å². The normalized spacial score (nSPS) is 11.1. The number of hydrogen-bond donors (Lipinski definition) is 0. The predicted octanol–water partition coefficient (Wildman–Crippen LogP) is 6.22. The number of rotatable bonds is 11. The van der Waals surface area contributed by atoms with Crippen molar-refractivity contribution in [3.05, 3.63) is 35.9 Å². The van der Waals surface area contributed by atoms with E-state index in [-0.39, 0.29) is 0 Å². The van der Waals surface area contributed by atoms with Gasteiger partial charge in [-0.2, -0.15) is 0 Å². The molecule has 0 N–H and O–H groups in total. The van der Waals surface area contributed by atoms with Crippen molar-refractivity contribution in [3.63, 3.8) is 0 Å². The molecule has 0 heterocycles. The molecule has 0 unspecified atom stereocenters. The van der Waals surface area contributed by atoms with Gasteiger partial charge in [-0.25, -0.2) is 0 Å². The molecule has 1 nitrogen and oxygen atoms in total. The number of unbranched alkanes of at least 4 members (excludes halogenated alkanes) is 5. The zero-order valence-corrected chi connectivity index (χ0v) is 14.2. The van der Waals surface area contributed by atoms with Crippen LogP contribution in [0.2, 0.25) is 0 Å². The van der Waals surface area contributed by atoms with Gasteiger partial charge in [0, 0.05) is 5.33 Å². The largest absolute Gasteiger partial charge is 0.494 e. The molecule has 0 aliphatic heterocycles. The van der Waals surface area contributed by atoms with Gasteiger partial charge in [-0.1, -0.05) is 72.8 Å². The lowest BCUT2D eigenvalue weighted by atomic mass is 10.1. The SMILES string of the molecule is CCCCC=Cc1ccc(OCCCCCCBr)cc1. The van der Waals surface area contributed by atoms with Crippen molar-refractivity contribution in [1.29, 1.82) is 0 Å². The number of hydrogen-bond acceptors (Lipinski definition) is 1. The average molecular weight is 339 g/mol. The lowest BCUT2D eigenvalue weighted by Gasteiger charge is -2.06. The Morgan fingerprint density at radius 3 is 2.45 bits per heavy atom. The van der Waals surface area contributed by atoms with Crippen molar-refractivity contribution in [2.24, 2.45) is 0 Å². The Hall–Kier alpha value is -0.760. The van der Waals surface area contributed by atoms with Gasteiger partial charge in [0.25, 0.3) is 0 Å². The number of alkyl halides is 1. The molecule has 0 aliphatic carbocycles. The van der Waals surface area contributed by atoms with Crippen LogP contribution < -0.4 is 4.74 Å². The van der Waals surface area contributed by atoms with Gasteiger partial charge in [-0.15, -0.1) is 0 Å². The molecule has 0 radical (unpaired) electrons. The number of benzene rings is 1. The third-order valence-electron chi connectivity index (χ3n) is 3.21. The second kappa shape index (κ2) is 12.0. The predicted molar refractivity (Wildman–Crippen MR) is 92.8 cm³/mol. The number of halogens is 1. The zero-order valence-electron chi connectivity index (χ0n) is 12.6. The van der Waals surface area contributed by atoms with Crippen LogP contribution in [-0.2, 0) is 0 Å². The molecule has 1 aromatic rings. The lowest BCUT2D eigenvalue weighted by molar-refractivity contribution is 0.305. The Kier molecular flexibility index (Phi) is 10.4. The van der Waals surface area contributed by atoms with Crippen LogP contribution in [0, 0.1) is 0 Å². The first-order valence-electron chi connectivity index (χ1n) is 7.82. The van der Waals surface area contributed by atoms with Crippen LogP contribution in [0.4, 0.5) is 0 Å². The second-order valence-corrected chi connectivity index (χ2v) is 5.86. The van der Waals surface area contributed by atoms with Crippen molar-refractivity contribution in [2.45, 2.75) is 51.9 Å². The van der Waals surface area contributed by atoms with Crippen LogP contribution in [0.1, 0.15) is 57.4 Å². The van der Waals surface area contributed by atoms with E-state index in [1.54, 1.807) is 0 Å². The van der Waals surface area contributed by atoms with E-state index in [2.05, 4.69) is 59.3 Å². The van der Waals surface area contributed by atoms with Crippen molar-refractivity contribution < 1.29 is 4.74 Å². The van der Waals surface area contributed by atoms with E-state index in [0.717, 1.165) is 24.1 Å². The van der Waals surface area contributed by atoms with Gasteiger partial charge >= 0.3 is 0 Å². The lowest BCUT2D eigenvalue weighted by Crippen LogP contribution is -1.97. The summed E-state index contributed by atoms with van der Waals surface area (Å²) in [5, 5.41) is 1.11. The van der Waals surface area contributed by atoms with E-state index in [1.165, 1.54) is 44.1 Å². The molecular formula is C18H27BrO. The minimum atomic E-state index is 0.827. The van der Waals surface area contributed by atoms with Gasteiger partial charge in [-0.3, -0.25) is 0 Å². The molecule has 2 heteroatoms. The fourth-order valence-electron chi connectivity index (χ4n) is 1.96. The average Bonchev–Trinajstić information content (AvgIpc) is 2.49. The van der Waals surface area contributed by atoms with E-state index < -0.39 is 0 Å². The molecule has 0 amide bonds. The van der Waals surface area contributed by atoms with Crippen LogP contribution >= 0.6 is 15.9 Å². The summed E-state index contributed by atoms with van der Waals surface area (Å²) in [5.74, 6) is 0.983. The van der Waals surface area contributed by atoms with Gasteiger partial charge in [0.15, 0.2) is 0 Å². The molecule has 0 bridgehead atoms. The third-order valence-corrected chi connectivity index (χ3v) is 3.77. The van der Waals surface area contributed by atoms with Gasteiger partial charge in [0.05, 0.1) is 6.61 Å². The molecule has 20 heavy (non-hydrogen) atoms. The van der Waals surface area contributed by atoms with Crippen LogP contribution in [-0.4, -0.2) is 11.9 Å². The van der Waals surface area contributed by atoms with Crippen LogP contribution in [0.5, 0.6) is 5.75 Å². The number of ether oxygens (including phenoxy) is 1. The standard InChI is InChI=1S/C18H27BrO/c1-2-3-4-7-10-17-11-13-18(14-12-17)20-16-9-6-5-8-15-19/h7,10-14H,2-6,8-9,15-16H2,1H3. The Bertz CT molecular complexity index is 356. The summed E-state index contributed by atoms with van der Waals surface area (Å²) in [5.41, 5.74) is 1.26. The topological polar surface area (TPSA) is 9.23 Å². The Balaban J connectivity index is 2.19. The van der Waals surface area contributed by atoms with Gasteiger partial charge in [0.1, 0.15) is 5.75 Å². The Morgan fingerprint density at radius 1 is 1.00 bits per heavy atom.